The van der Waals surface area contributed by atoms with E-state index in [1.807, 2.05) is 0 Å². The first-order valence-corrected chi connectivity index (χ1v) is 8.75. The Hall–Kier alpha value is -0.580. The van der Waals surface area contributed by atoms with Crippen LogP contribution < -0.4 is 10.1 Å². The van der Waals surface area contributed by atoms with E-state index in [1.54, 1.807) is 0 Å². The van der Waals surface area contributed by atoms with Crippen LogP contribution in [0.4, 0.5) is 0 Å². The number of ether oxygens (including phenoxy) is 2. The topological polar surface area (TPSA) is 30.5 Å². The van der Waals surface area contributed by atoms with Gasteiger partial charge in [0, 0.05) is 29.5 Å². The third-order valence-electron chi connectivity index (χ3n) is 4.82. The van der Waals surface area contributed by atoms with Crippen molar-refractivity contribution < 1.29 is 9.47 Å². The Kier molecular flexibility index (Phi) is 4.87. The van der Waals surface area contributed by atoms with E-state index in [4.69, 9.17) is 9.47 Å². The monoisotopic (exact) mass is 353 g/mol. The number of hydrogen-bond donors (Lipinski definition) is 1. The molecule has 0 bridgehead atoms. The normalized spacial score (nSPS) is 25.7. The molecule has 3 rings (SSSR count). The van der Waals surface area contributed by atoms with E-state index in [2.05, 4.69) is 47.4 Å². The second-order valence-electron chi connectivity index (χ2n) is 6.02. The fourth-order valence-corrected chi connectivity index (χ4v) is 4.30. The van der Waals surface area contributed by atoms with Crippen LogP contribution in [0.1, 0.15) is 30.9 Å². The number of fused-ring (bicyclic) bond motifs is 1. The standard InChI is InChI=1S/C17H24BrNO2/c1-3-16-14(5-7-20-16)15(19-2)10-12-9-13(18)8-11-4-6-21-17(11)12/h8-9,14-16,19H,3-7,10H2,1-2H3. The zero-order valence-electron chi connectivity index (χ0n) is 12.8. The summed E-state index contributed by atoms with van der Waals surface area (Å²) in [6.45, 7) is 3.93. The van der Waals surface area contributed by atoms with Gasteiger partial charge in [0.25, 0.3) is 0 Å². The first kappa shape index (κ1) is 15.3. The Morgan fingerprint density at radius 3 is 3.00 bits per heavy atom. The van der Waals surface area contributed by atoms with Gasteiger partial charge in [-0.3, -0.25) is 0 Å². The van der Waals surface area contributed by atoms with Crippen LogP contribution in [0, 0.1) is 5.92 Å². The van der Waals surface area contributed by atoms with Crippen LogP contribution in [0.3, 0.4) is 0 Å². The summed E-state index contributed by atoms with van der Waals surface area (Å²) in [7, 11) is 2.06. The summed E-state index contributed by atoms with van der Waals surface area (Å²) >= 11 is 3.64. The molecule has 2 aliphatic rings. The minimum absolute atomic E-state index is 0.392. The Morgan fingerprint density at radius 1 is 1.38 bits per heavy atom. The maximum Gasteiger partial charge on any atom is 0.125 e. The van der Waals surface area contributed by atoms with E-state index in [9.17, 15) is 0 Å². The summed E-state index contributed by atoms with van der Waals surface area (Å²) in [6, 6.07) is 4.85. The Balaban J connectivity index is 1.81. The molecular weight excluding hydrogens is 330 g/mol. The molecule has 2 aliphatic heterocycles. The van der Waals surface area contributed by atoms with Crippen LogP contribution in [0.25, 0.3) is 0 Å². The molecule has 4 heteroatoms. The average Bonchev–Trinajstić information content (AvgIpc) is 3.12. The van der Waals surface area contributed by atoms with Gasteiger partial charge in [0.2, 0.25) is 0 Å². The zero-order chi connectivity index (χ0) is 14.8. The highest BCUT2D eigenvalue weighted by Gasteiger charge is 2.33. The van der Waals surface area contributed by atoms with E-state index in [1.165, 1.54) is 11.1 Å². The van der Waals surface area contributed by atoms with E-state index in [0.717, 1.165) is 49.1 Å². The molecule has 1 fully saturated rings. The van der Waals surface area contributed by atoms with Crippen molar-refractivity contribution in [1.82, 2.24) is 5.32 Å². The van der Waals surface area contributed by atoms with Crippen molar-refractivity contribution in [3.63, 3.8) is 0 Å². The van der Waals surface area contributed by atoms with Gasteiger partial charge in [-0.25, -0.2) is 0 Å². The van der Waals surface area contributed by atoms with Crippen molar-refractivity contribution in [2.45, 2.75) is 44.8 Å². The lowest BCUT2D eigenvalue weighted by atomic mass is 9.87. The summed E-state index contributed by atoms with van der Waals surface area (Å²) in [5, 5.41) is 3.52. The summed E-state index contributed by atoms with van der Waals surface area (Å²) in [4.78, 5) is 0. The minimum Gasteiger partial charge on any atom is -0.493 e. The summed E-state index contributed by atoms with van der Waals surface area (Å²) in [6.07, 6.45) is 4.67. The van der Waals surface area contributed by atoms with E-state index >= 15 is 0 Å². The lowest BCUT2D eigenvalue weighted by molar-refractivity contribution is 0.0782. The van der Waals surface area contributed by atoms with E-state index in [0.29, 0.717) is 18.1 Å². The van der Waals surface area contributed by atoms with Crippen LogP contribution >= 0.6 is 15.9 Å². The van der Waals surface area contributed by atoms with Gasteiger partial charge in [0.1, 0.15) is 5.75 Å². The highest BCUT2D eigenvalue weighted by molar-refractivity contribution is 9.10. The van der Waals surface area contributed by atoms with Crippen molar-refractivity contribution in [3.8, 4) is 5.75 Å². The highest BCUT2D eigenvalue weighted by Crippen LogP contribution is 2.36. The molecule has 21 heavy (non-hydrogen) atoms. The second kappa shape index (κ2) is 6.67. The zero-order valence-corrected chi connectivity index (χ0v) is 14.4. The Morgan fingerprint density at radius 2 is 2.24 bits per heavy atom. The lowest BCUT2D eigenvalue weighted by Gasteiger charge is -2.27. The molecule has 0 radical (unpaired) electrons. The molecule has 1 N–H and O–H groups in total. The first-order chi connectivity index (χ1) is 10.2. The van der Waals surface area contributed by atoms with Crippen molar-refractivity contribution >= 4 is 15.9 Å². The molecule has 0 amide bonds. The molecule has 3 atom stereocenters. The fourth-order valence-electron chi connectivity index (χ4n) is 3.75. The van der Waals surface area contributed by atoms with Gasteiger partial charge >= 0.3 is 0 Å². The predicted octanol–water partition coefficient (Wildman–Crippen LogP) is 3.33. The number of halogens is 1. The van der Waals surface area contributed by atoms with Gasteiger partial charge in [-0.05, 0) is 49.6 Å². The number of nitrogens with one attached hydrogen (secondary N) is 1. The molecule has 0 aliphatic carbocycles. The molecule has 116 valence electrons. The molecule has 0 spiro atoms. The molecule has 0 saturated carbocycles. The Bertz CT molecular complexity index is 506. The first-order valence-electron chi connectivity index (χ1n) is 7.96. The quantitative estimate of drug-likeness (QED) is 0.880. The SMILES string of the molecule is CCC1OCCC1C(Cc1cc(Br)cc2c1OCC2)NC. The largest absolute Gasteiger partial charge is 0.493 e. The van der Waals surface area contributed by atoms with Gasteiger partial charge in [-0.15, -0.1) is 0 Å². The van der Waals surface area contributed by atoms with Gasteiger partial charge in [-0.2, -0.15) is 0 Å². The third-order valence-corrected chi connectivity index (χ3v) is 5.27. The van der Waals surface area contributed by atoms with Crippen molar-refractivity contribution in [3.05, 3.63) is 27.7 Å². The smallest absolute Gasteiger partial charge is 0.125 e. The summed E-state index contributed by atoms with van der Waals surface area (Å²) < 4.78 is 12.9. The molecule has 1 saturated heterocycles. The van der Waals surface area contributed by atoms with Gasteiger partial charge in [0.05, 0.1) is 12.7 Å². The number of benzene rings is 1. The van der Waals surface area contributed by atoms with E-state index in [-0.39, 0.29) is 0 Å². The number of rotatable bonds is 5. The molecule has 0 aromatic heterocycles. The summed E-state index contributed by atoms with van der Waals surface area (Å²) in [5.74, 6) is 1.71. The molecule has 3 nitrogen and oxygen atoms in total. The van der Waals surface area contributed by atoms with Gasteiger partial charge in [0.15, 0.2) is 0 Å². The molecule has 1 aromatic carbocycles. The minimum atomic E-state index is 0.392. The number of hydrogen-bond acceptors (Lipinski definition) is 3. The second-order valence-corrected chi connectivity index (χ2v) is 6.94. The van der Waals surface area contributed by atoms with Crippen molar-refractivity contribution in [1.29, 1.82) is 0 Å². The van der Waals surface area contributed by atoms with E-state index < -0.39 is 0 Å². The Labute approximate surface area is 135 Å². The molecule has 3 unspecified atom stereocenters. The van der Waals surface area contributed by atoms with Crippen molar-refractivity contribution in [2.24, 2.45) is 5.92 Å². The molecule has 2 heterocycles. The van der Waals surface area contributed by atoms with Crippen LogP contribution in [0.15, 0.2) is 16.6 Å². The highest BCUT2D eigenvalue weighted by atomic mass is 79.9. The fraction of sp³-hybridized carbons (Fsp3) is 0.647. The molecule has 1 aromatic rings. The average molecular weight is 354 g/mol. The molecular formula is C17H24BrNO2. The maximum absolute atomic E-state index is 5.87. The number of likely N-dealkylation sites (N-methyl/N-ethyl adjacent to an activating group) is 1. The maximum atomic E-state index is 5.87. The van der Waals surface area contributed by atoms with Crippen LogP contribution in [-0.2, 0) is 17.6 Å². The predicted molar refractivity (Wildman–Crippen MR) is 88.0 cm³/mol. The third kappa shape index (κ3) is 3.13. The summed E-state index contributed by atoms with van der Waals surface area (Å²) in [5.41, 5.74) is 2.65. The van der Waals surface area contributed by atoms with Gasteiger partial charge in [-0.1, -0.05) is 22.9 Å². The van der Waals surface area contributed by atoms with Gasteiger partial charge < -0.3 is 14.8 Å². The van der Waals surface area contributed by atoms with Crippen LogP contribution in [-0.4, -0.2) is 32.4 Å². The lowest BCUT2D eigenvalue weighted by Crippen LogP contribution is -2.39. The van der Waals surface area contributed by atoms with Crippen LogP contribution in [0.5, 0.6) is 5.75 Å². The van der Waals surface area contributed by atoms with Crippen LogP contribution in [0.2, 0.25) is 0 Å². The van der Waals surface area contributed by atoms with Crippen molar-refractivity contribution in [2.75, 3.05) is 20.3 Å².